The van der Waals surface area contributed by atoms with E-state index in [1.165, 1.54) is 148 Å². The summed E-state index contributed by atoms with van der Waals surface area (Å²) >= 11 is 0. The van der Waals surface area contributed by atoms with Crippen LogP contribution >= 0.6 is 0 Å². The van der Waals surface area contributed by atoms with E-state index in [0.29, 0.717) is 19.3 Å². The summed E-state index contributed by atoms with van der Waals surface area (Å²) in [5, 5.41) is 31.5. The van der Waals surface area contributed by atoms with Crippen LogP contribution < -0.4 is 0 Å². The molecule has 6 unspecified atom stereocenters. The molecule has 426 valence electrons. The van der Waals surface area contributed by atoms with Gasteiger partial charge in [-0.3, -0.25) is 14.4 Å². The fourth-order valence-electron chi connectivity index (χ4n) is 9.30. The predicted octanol–water partition coefficient (Wildman–Crippen LogP) is 15.5. The van der Waals surface area contributed by atoms with Gasteiger partial charge in [-0.1, -0.05) is 225 Å². The minimum Gasteiger partial charge on any atom is -0.479 e. The molecule has 0 aromatic carbocycles. The van der Waals surface area contributed by atoms with Crippen molar-refractivity contribution in [2.45, 2.75) is 327 Å². The minimum absolute atomic E-state index is 0.0546. The lowest BCUT2D eigenvalue weighted by Gasteiger charge is -2.40. The first-order chi connectivity index (χ1) is 35.6. The van der Waals surface area contributed by atoms with Crippen LogP contribution in [0.25, 0.3) is 0 Å². The molecule has 3 N–H and O–H groups in total. The molecule has 0 aliphatic carbocycles. The van der Waals surface area contributed by atoms with Crippen LogP contribution in [0.1, 0.15) is 290 Å². The van der Waals surface area contributed by atoms with Gasteiger partial charge in [-0.05, 0) is 70.6 Å². The van der Waals surface area contributed by atoms with E-state index in [4.69, 9.17) is 23.7 Å². The normalized spacial score (nSPS) is 18.4. The standard InChI is InChI=1S/C61H110O12/c1-4-7-10-13-16-19-22-24-26-27-29-30-33-35-38-41-44-47-53(62)69-50-52(71-54(63)48-45-42-39-36-32-21-18-15-12-9-6-3)51-70-61-59(57(66)56(65)58(73-61)60(67)68)72-55(64)49-46-43-40-37-34-31-28-25-23-20-17-14-11-8-5-2/h24-26,28,52,56-59,61,65-66H,4-23,27,29-51H2,1-3H3,(H,67,68)/b26-24-,28-25-. The van der Waals surface area contributed by atoms with Crippen LogP contribution in [0.4, 0.5) is 0 Å². The molecule has 0 amide bonds. The SMILES string of the molecule is CCCCCCCC/C=C\CCCCCCCCCC(=O)OCC(COC1OC(C(=O)O)C(O)C(O)C1OC(=O)CCCCCCC/C=C\CCCCCCCC)OC(=O)CCCCCCCCCCCCC. The van der Waals surface area contributed by atoms with Gasteiger partial charge in [0.05, 0.1) is 6.61 Å². The number of esters is 3. The number of hydrogen-bond donors (Lipinski definition) is 3. The monoisotopic (exact) mass is 1030 g/mol. The lowest BCUT2D eigenvalue weighted by atomic mass is 9.98. The Labute approximate surface area is 445 Å². The number of hydrogen-bond acceptors (Lipinski definition) is 11. The Balaban J connectivity index is 2.66. The zero-order valence-corrected chi connectivity index (χ0v) is 46.9. The highest BCUT2D eigenvalue weighted by Crippen LogP contribution is 2.26. The molecule has 1 rings (SSSR count). The summed E-state index contributed by atoms with van der Waals surface area (Å²) in [6, 6.07) is 0. The zero-order chi connectivity index (χ0) is 53.3. The Bertz CT molecular complexity index is 1370. The van der Waals surface area contributed by atoms with Gasteiger partial charge in [-0.15, -0.1) is 0 Å². The second kappa shape index (κ2) is 50.0. The van der Waals surface area contributed by atoms with Crippen LogP contribution in [0.3, 0.4) is 0 Å². The fourth-order valence-corrected chi connectivity index (χ4v) is 9.30. The molecule has 1 aliphatic rings. The van der Waals surface area contributed by atoms with Crippen molar-refractivity contribution >= 4 is 23.9 Å². The third-order valence-corrected chi connectivity index (χ3v) is 14.0. The molecule has 1 fully saturated rings. The van der Waals surface area contributed by atoms with Crippen molar-refractivity contribution in [3.8, 4) is 0 Å². The second-order valence-corrected chi connectivity index (χ2v) is 21.0. The molecule has 1 heterocycles. The Kier molecular flexibility index (Phi) is 46.8. The summed E-state index contributed by atoms with van der Waals surface area (Å²) in [7, 11) is 0. The summed E-state index contributed by atoms with van der Waals surface area (Å²) < 4.78 is 28.4. The number of aliphatic hydroxyl groups excluding tert-OH is 2. The van der Waals surface area contributed by atoms with E-state index in [-0.39, 0.29) is 25.9 Å². The number of allylic oxidation sites excluding steroid dienone is 4. The Morgan fingerprint density at radius 2 is 0.781 bits per heavy atom. The maximum atomic E-state index is 13.1. The summed E-state index contributed by atoms with van der Waals surface area (Å²) in [6.45, 7) is 5.99. The Morgan fingerprint density at radius 3 is 1.16 bits per heavy atom. The van der Waals surface area contributed by atoms with Gasteiger partial charge in [-0.2, -0.15) is 0 Å². The van der Waals surface area contributed by atoms with E-state index in [2.05, 4.69) is 45.1 Å². The molecule has 12 heteroatoms. The summed E-state index contributed by atoms with van der Waals surface area (Å²) in [5.74, 6) is -3.11. The number of carboxylic acids is 1. The molecule has 0 aromatic heterocycles. The summed E-state index contributed by atoms with van der Waals surface area (Å²) in [6.07, 6.45) is 44.3. The quantitative estimate of drug-likeness (QED) is 0.0228. The number of aliphatic carboxylic acids is 1. The van der Waals surface area contributed by atoms with Crippen molar-refractivity contribution in [2.24, 2.45) is 0 Å². The molecule has 1 aliphatic heterocycles. The fraction of sp³-hybridized carbons (Fsp3) is 0.869. The van der Waals surface area contributed by atoms with E-state index >= 15 is 0 Å². The average molecular weight is 1040 g/mol. The van der Waals surface area contributed by atoms with E-state index in [1.54, 1.807) is 0 Å². The lowest BCUT2D eigenvalue weighted by molar-refractivity contribution is -0.301. The van der Waals surface area contributed by atoms with Crippen LogP contribution in [0.2, 0.25) is 0 Å². The Hall–Kier alpha value is -2.80. The zero-order valence-electron chi connectivity index (χ0n) is 46.9. The van der Waals surface area contributed by atoms with Crippen LogP contribution in [0.15, 0.2) is 24.3 Å². The molecule has 0 bridgehead atoms. The number of unbranched alkanes of at least 4 members (excludes halogenated alkanes) is 34. The molecule has 0 radical (unpaired) electrons. The first-order valence-corrected chi connectivity index (χ1v) is 30.3. The number of ether oxygens (including phenoxy) is 5. The molecule has 12 nitrogen and oxygen atoms in total. The van der Waals surface area contributed by atoms with Gasteiger partial charge in [0, 0.05) is 19.3 Å². The van der Waals surface area contributed by atoms with E-state index < -0.39 is 67.3 Å². The molecular weight excluding hydrogens is 925 g/mol. The highest BCUT2D eigenvalue weighted by Gasteiger charge is 2.50. The molecule has 0 saturated carbocycles. The van der Waals surface area contributed by atoms with E-state index in [0.717, 1.165) is 83.5 Å². The van der Waals surface area contributed by atoms with Gasteiger partial charge >= 0.3 is 23.9 Å². The van der Waals surface area contributed by atoms with Crippen molar-refractivity contribution in [1.82, 2.24) is 0 Å². The third-order valence-electron chi connectivity index (χ3n) is 14.0. The van der Waals surface area contributed by atoms with Crippen LogP contribution in [-0.2, 0) is 42.9 Å². The highest BCUT2D eigenvalue weighted by atomic mass is 16.7. The predicted molar refractivity (Wildman–Crippen MR) is 294 cm³/mol. The van der Waals surface area contributed by atoms with Crippen LogP contribution in [-0.4, -0.2) is 89.2 Å². The van der Waals surface area contributed by atoms with Gasteiger partial charge in [-0.25, -0.2) is 4.79 Å². The van der Waals surface area contributed by atoms with Crippen molar-refractivity contribution in [1.29, 1.82) is 0 Å². The smallest absolute Gasteiger partial charge is 0.335 e. The molecule has 0 spiro atoms. The van der Waals surface area contributed by atoms with Gasteiger partial charge < -0.3 is 39.0 Å². The van der Waals surface area contributed by atoms with Crippen LogP contribution in [0, 0.1) is 0 Å². The number of aliphatic hydroxyl groups is 2. The van der Waals surface area contributed by atoms with Gasteiger partial charge in [0.2, 0.25) is 0 Å². The maximum absolute atomic E-state index is 13.1. The number of carbonyl (C=O) groups is 4. The van der Waals surface area contributed by atoms with Gasteiger partial charge in [0.25, 0.3) is 0 Å². The number of carboxylic acid groups (broad SMARTS) is 1. The number of carbonyl (C=O) groups excluding carboxylic acids is 3. The number of rotatable bonds is 52. The van der Waals surface area contributed by atoms with Gasteiger partial charge in [0.15, 0.2) is 24.6 Å². The largest absolute Gasteiger partial charge is 0.479 e. The second-order valence-electron chi connectivity index (χ2n) is 21.0. The molecular formula is C61H110O12. The van der Waals surface area contributed by atoms with Crippen molar-refractivity contribution in [2.75, 3.05) is 13.2 Å². The van der Waals surface area contributed by atoms with E-state index in [9.17, 15) is 34.5 Å². The topological polar surface area (TPSA) is 175 Å². The summed E-state index contributed by atoms with van der Waals surface area (Å²) in [5.41, 5.74) is 0. The lowest BCUT2D eigenvalue weighted by Crippen LogP contribution is -2.61. The van der Waals surface area contributed by atoms with Gasteiger partial charge in [0.1, 0.15) is 18.8 Å². The Morgan fingerprint density at radius 1 is 0.438 bits per heavy atom. The molecule has 73 heavy (non-hydrogen) atoms. The molecule has 6 atom stereocenters. The minimum atomic E-state index is -1.90. The first kappa shape index (κ1) is 68.2. The molecule has 1 saturated heterocycles. The van der Waals surface area contributed by atoms with Crippen molar-refractivity contribution in [3.05, 3.63) is 24.3 Å². The third kappa shape index (κ3) is 40.2. The maximum Gasteiger partial charge on any atom is 0.335 e. The van der Waals surface area contributed by atoms with Crippen molar-refractivity contribution in [3.63, 3.8) is 0 Å². The van der Waals surface area contributed by atoms with Crippen LogP contribution in [0.5, 0.6) is 0 Å². The first-order valence-electron chi connectivity index (χ1n) is 30.3. The summed E-state index contributed by atoms with van der Waals surface area (Å²) in [4.78, 5) is 51.1. The van der Waals surface area contributed by atoms with Crippen molar-refractivity contribution < 1.29 is 58.2 Å². The average Bonchev–Trinajstić information content (AvgIpc) is 3.37. The molecule has 0 aromatic rings. The van der Waals surface area contributed by atoms with E-state index in [1.807, 2.05) is 0 Å². The highest BCUT2D eigenvalue weighted by molar-refractivity contribution is 5.74.